The standard InChI is InChI=1S/C26H31FN6O4S/c1-14(2)38(35,36)19-8-5-17(6-9-19)21-12-30-24(28)23(31-21)26-33-32-25(37-26)20-10-7-18(16(4)22(20)27)11-29-15(3)13-34/h5-10,12,14-16,22,29,34H,11,13H2,1-4H3,(H2,28,30)/t15-,16?,22?/m0/s1. The van der Waals surface area contributed by atoms with E-state index in [1.165, 1.54) is 18.3 Å². The van der Waals surface area contributed by atoms with Gasteiger partial charge in [0.25, 0.3) is 5.89 Å². The minimum Gasteiger partial charge on any atom is -0.415 e. The van der Waals surface area contributed by atoms with Gasteiger partial charge in [-0.3, -0.25) is 0 Å². The summed E-state index contributed by atoms with van der Waals surface area (Å²) in [5.74, 6) is -0.377. The van der Waals surface area contributed by atoms with Crippen LogP contribution >= 0.6 is 0 Å². The second kappa shape index (κ2) is 11.1. The van der Waals surface area contributed by atoms with Crippen LogP contribution in [0.4, 0.5) is 10.2 Å². The molecular formula is C26H31FN6O4S. The van der Waals surface area contributed by atoms with Crippen LogP contribution in [0.1, 0.15) is 33.6 Å². The van der Waals surface area contributed by atoms with Gasteiger partial charge in [0.05, 0.1) is 34.2 Å². The number of benzene rings is 1. The number of aromatic nitrogens is 4. The second-order valence-electron chi connectivity index (χ2n) is 9.54. The molecule has 0 saturated heterocycles. The van der Waals surface area contributed by atoms with E-state index in [-0.39, 0.29) is 46.4 Å². The highest BCUT2D eigenvalue weighted by atomic mass is 32.2. The molecule has 38 heavy (non-hydrogen) atoms. The van der Waals surface area contributed by atoms with Crippen LogP contribution in [0.3, 0.4) is 0 Å². The van der Waals surface area contributed by atoms with Crippen LogP contribution in [0.15, 0.2) is 57.5 Å². The van der Waals surface area contributed by atoms with E-state index in [0.29, 0.717) is 17.8 Å². The Hall–Kier alpha value is -3.48. The fourth-order valence-electron chi connectivity index (χ4n) is 3.88. The number of anilines is 1. The largest absolute Gasteiger partial charge is 0.415 e. The average molecular weight is 543 g/mol. The molecule has 0 amide bonds. The minimum absolute atomic E-state index is 0.00879. The van der Waals surface area contributed by atoms with E-state index in [1.54, 1.807) is 39.0 Å². The fourth-order valence-corrected chi connectivity index (χ4v) is 4.94. The molecule has 0 aliphatic heterocycles. The summed E-state index contributed by atoms with van der Waals surface area (Å²) in [6.07, 6.45) is 3.52. The van der Waals surface area contributed by atoms with Gasteiger partial charge in [-0.15, -0.1) is 10.2 Å². The molecule has 4 N–H and O–H groups in total. The van der Waals surface area contributed by atoms with Crippen molar-refractivity contribution in [2.24, 2.45) is 5.92 Å². The third-order valence-electron chi connectivity index (χ3n) is 6.50. The topological polar surface area (TPSA) is 157 Å². The maximum Gasteiger partial charge on any atom is 0.270 e. The Bertz CT molecular complexity index is 1470. The Labute approximate surface area is 220 Å². The maximum atomic E-state index is 15.3. The molecule has 10 nitrogen and oxygen atoms in total. The molecule has 0 bridgehead atoms. The van der Waals surface area contributed by atoms with Gasteiger partial charge in [-0.2, -0.15) is 0 Å². The van der Waals surface area contributed by atoms with E-state index in [0.717, 1.165) is 5.57 Å². The monoisotopic (exact) mass is 542 g/mol. The van der Waals surface area contributed by atoms with Crippen molar-refractivity contribution in [1.29, 1.82) is 0 Å². The van der Waals surface area contributed by atoms with Gasteiger partial charge in [-0.1, -0.05) is 36.8 Å². The van der Waals surface area contributed by atoms with Crippen molar-refractivity contribution in [2.45, 2.75) is 50.1 Å². The number of alkyl halides is 1. The predicted octanol–water partition coefficient (Wildman–Crippen LogP) is 3.23. The summed E-state index contributed by atoms with van der Waals surface area (Å²) in [6, 6.07) is 6.22. The lowest BCUT2D eigenvalue weighted by Gasteiger charge is -2.25. The van der Waals surface area contributed by atoms with Gasteiger partial charge in [0, 0.05) is 24.1 Å². The van der Waals surface area contributed by atoms with Crippen molar-refractivity contribution < 1.29 is 22.3 Å². The fraction of sp³-hybridized carbons (Fsp3) is 0.385. The van der Waals surface area contributed by atoms with Crippen LogP contribution < -0.4 is 11.1 Å². The van der Waals surface area contributed by atoms with E-state index in [9.17, 15) is 13.5 Å². The highest BCUT2D eigenvalue weighted by Gasteiger charge is 2.31. The molecule has 2 heterocycles. The van der Waals surface area contributed by atoms with E-state index < -0.39 is 27.2 Å². The molecule has 2 unspecified atom stereocenters. The van der Waals surface area contributed by atoms with Crippen LogP contribution in [-0.4, -0.2) is 64.3 Å². The van der Waals surface area contributed by atoms with Crippen molar-refractivity contribution in [3.63, 3.8) is 0 Å². The van der Waals surface area contributed by atoms with Crippen LogP contribution in [0.5, 0.6) is 0 Å². The highest BCUT2D eigenvalue weighted by molar-refractivity contribution is 7.92. The van der Waals surface area contributed by atoms with E-state index in [4.69, 9.17) is 10.2 Å². The van der Waals surface area contributed by atoms with Crippen molar-refractivity contribution in [2.75, 3.05) is 18.9 Å². The van der Waals surface area contributed by atoms with Gasteiger partial charge in [0.15, 0.2) is 21.3 Å². The first-order valence-electron chi connectivity index (χ1n) is 12.2. The quantitative estimate of drug-likeness (QED) is 0.367. The molecule has 1 aromatic carbocycles. The maximum absolute atomic E-state index is 15.3. The number of aliphatic hydroxyl groups is 1. The lowest BCUT2D eigenvalue weighted by atomic mass is 9.86. The van der Waals surface area contributed by atoms with E-state index in [2.05, 4.69) is 25.5 Å². The number of hydrogen-bond acceptors (Lipinski definition) is 10. The van der Waals surface area contributed by atoms with Crippen molar-refractivity contribution in [3.8, 4) is 22.8 Å². The molecule has 3 aromatic rings. The van der Waals surface area contributed by atoms with Crippen molar-refractivity contribution in [3.05, 3.63) is 54.1 Å². The zero-order valence-corrected chi connectivity index (χ0v) is 22.4. The number of sulfone groups is 1. The predicted molar refractivity (Wildman–Crippen MR) is 142 cm³/mol. The number of nitrogens with zero attached hydrogens (tertiary/aromatic N) is 4. The number of nitrogens with two attached hydrogens (primary N) is 1. The summed E-state index contributed by atoms with van der Waals surface area (Å²) >= 11 is 0. The first kappa shape index (κ1) is 27.6. The highest BCUT2D eigenvalue weighted by Crippen LogP contribution is 2.35. The summed E-state index contributed by atoms with van der Waals surface area (Å²) in [4.78, 5) is 8.90. The number of aliphatic hydroxyl groups excluding tert-OH is 1. The molecule has 1 aliphatic rings. The minimum atomic E-state index is -3.41. The molecule has 2 aromatic heterocycles. The molecule has 1 aliphatic carbocycles. The van der Waals surface area contributed by atoms with Crippen LogP contribution in [-0.2, 0) is 9.84 Å². The van der Waals surface area contributed by atoms with Crippen molar-refractivity contribution in [1.82, 2.24) is 25.5 Å². The Morgan fingerprint density at radius 1 is 1.13 bits per heavy atom. The number of nitrogens with one attached hydrogen (secondary N) is 1. The first-order chi connectivity index (χ1) is 18.0. The zero-order valence-electron chi connectivity index (χ0n) is 21.6. The molecule has 12 heteroatoms. The normalized spacial score (nSPS) is 18.8. The summed E-state index contributed by atoms with van der Waals surface area (Å²) in [5.41, 5.74) is 8.33. The van der Waals surface area contributed by atoms with E-state index >= 15 is 4.39 Å². The number of rotatable bonds is 9. The van der Waals surface area contributed by atoms with Crippen LogP contribution in [0, 0.1) is 5.92 Å². The number of hydrogen-bond donors (Lipinski definition) is 3. The van der Waals surface area contributed by atoms with E-state index in [1.807, 2.05) is 13.0 Å². The Morgan fingerprint density at radius 2 is 1.82 bits per heavy atom. The second-order valence-corrected chi connectivity index (χ2v) is 12.0. The molecule has 202 valence electrons. The number of halogens is 1. The summed E-state index contributed by atoms with van der Waals surface area (Å²) in [7, 11) is -3.41. The smallest absolute Gasteiger partial charge is 0.270 e. The Balaban J connectivity index is 1.60. The van der Waals surface area contributed by atoms with Gasteiger partial charge in [-0.25, -0.2) is 22.8 Å². The summed E-state index contributed by atoms with van der Waals surface area (Å²) < 4.78 is 45.9. The summed E-state index contributed by atoms with van der Waals surface area (Å²) in [6.45, 7) is 7.31. The first-order valence-corrected chi connectivity index (χ1v) is 13.8. The molecule has 0 spiro atoms. The molecule has 0 radical (unpaired) electrons. The average Bonchev–Trinajstić information content (AvgIpc) is 3.39. The third-order valence-corrected chi connectivity index (χ3v) is 8.67. The molecule has 4 rings (SSSR count). The van der Waals surface area contributed by atoms with Gasteiger partial charge in [0.1, 0.15) is 6.17 Å². The molecule has 0 saturated carbocycles. The molecular weight excluding hydrogens is 511 g/mol. The van der Waals surface area contributed by atoms with Gasteiger partial charge in [0.2, 0.25) is 5.89 Å². The van der Waals surface area contributed by atoms with Gasteiger partial charge >= 0.3 is 0 Å². The van der Waals surface area contributed by atoms with Gasteiger partial charge < -0.3 is 20.6 Å². The molecule has 3 atom stereocenters. The number of nitrogen functional groups attached to an aromatic ring is 1. The van der Waals surface area contributed by atoms with Crippen molar-refractivity contribution >= 4 is 21.2 Å². The van der Waals surface area contributed by atoms with Gasteiger partial charge in [-0.05, 0) is 32.9 Å². The summed E-state index contributed by atoms with van der Waals surface area (Å²) in [5, 5.41) is 19.8. The Morgan fingerprint density at radius 3 is 2.47 bits per heavy atom. The lowest BCUT2D eigenvalue weighted by Crippen LogP contribution is -2.34. The van der Waals surface area contributed by atoms with Crippen LogP contribution in [0.25, 0.3) is 28.4 Å². The Kier molecular flexibility index (Phi) is 8.05. The third kappa shape index (κ3) is 5.52. The zero-order chi connectivity index (χ0) is 27.6. The lowest BCUT2D eigenvalue weighted by molar-refractivity contribution is 0.252. The number of allylic oxidation sites excluding steroid dienone is 3. The molecule has 0 fully saturated rings. The SMILES string of the molecule is CC1C(CN[C@@H](C)CO)=CC=C(c2nnc(-c3nc(-c4ccc(S(=O)(=O)C(C)C)cc4)cnc3N)o2)C1F. The van der Waals surface area contributed by atoms with Crippen LogP contribution in [0.2, 0.25) is 0 Å².